The van der Waals surface area contributed by atoms with Crippen LogP contribution < -0.4 is 20.4 Å². The van der Waals surface area contributed by atoms with Gasteiger partial charge in [0.25, 0.3) is 5.91 Å². The van der Waals surface area contributed by atoms with Crippen LogP contribution in [0.4, 0.5) is 17.2 Å². The number of H-pyrrole nitrogens is 1. The highest BCUT2D eigenvalue weighted by Gasteiger charge is 2.22. The number of hydrogen-bond acceptors (Lipinski definition) is 8. The van der Waals surface area contributed by atoms with E-state index < -0.39 is 0 Å². The summed E-state index contributed by atoms with van der Waals surface area (Å²) in [7, 11) is 0. The number of carbonyl (C=O) groups excluding carboxylic acids is 2. The second-order valence-corrected chi connectivity index (χ2v) is 10.7. The number of nitrogens with one attached hydrogen (secondary N) is 3. The van der Waals surface area contributed by atoms with Crippen LogP contribution in [0.15, 0.2) is 55.0 Å². The fourth-order valence-electron chi connectivity index (χ4n) is 5.64. The van der Waals surface area contributed by atoms with E-state index in [1.807, 2.05) is 36.4 Å². The zero-order chi connectivity index (χ0) is 29.6. The van der Waals surface area contributed by atoms with Gasteiger partial charge in [-0.1, -0.05) is 18.1 Å². The summed E-state index contributed by atoms with van der Waals surface area (Å²) >= 11 is 0. The molecule has 2 aliphatic rings. The highest BCUT2D eigenvalue weighted by atomic mass is 16.5. The summed E-state index contributed by atoms with van der Waals surface area (Å²) in [5.74, 6) is 5.70. The molecule has 0 spiro atoms. The largest absolute Gasteiger partial charge is 0.378 e. The number of benzene rings is 1. The molecule has 2 saturated heterocycles. The molecule has 4 aromatic rings. The van der Waals surface area contributed by atoms with Gasteiger partial charge in [-0.05, 0) is 61.6 Å². The van der Waals surface area contributed by atoms with Gasteiger partial charge < -0.3 is 30.2 Å². The van der Waals surface area contributed by atoms with E-state index in [4.69, 9.17) is 4.74 Å². The Bertz CT molecular complexity index is 1670. The lowest BCUT2D eigenvalue weighted by molar-refractivity contribution is -0.117. The van der Waals surface area contributed by atoms with E-state index in [9.17, 15) is 9.59 Å². The molecule has 2 amide bonds. The number of pyridine rings is 1. The summed E-state index contributed by atoms with van der Waals surface area (Å²) in [6, 6.07) is 13.7. The number of nitrogens with zero attached hydrogens (tertiary/aromatic N) is 5. The van der Waals surface area contributed by atoms with Crippen molar-refractivity contribution in [3.8, 4) is 23.1 Å². The molecule has 3 N–H and O–H groups in total. The first-order chi connectivity index (χ1) is 21.1. The normalized spacial score (nSPS) is 16.8. The van der Waals surface area contributed by atoms with Crippen molar-refractivity contribution in [2.45, 2.75) is 32.2 Å². The smallest absolute Gasteiger partial charge is 0.296 e. The molecule has 0 radical (unpaired) electrons. The maximum atomic E-state index is 12.9. The third-order valence-corrected chi connectivity index (χ3v) is 7.70. The lowest BCUT2D eigenvalue weighted by Crippen LogP contribution is -2.47. The minimum Gasteiger partial charge on any atom is -0.378 e. The molecule has 2 fully saturated rings. The first-order valence-electron chi connectivity index (χ1n) is 14.6. The van der Waals surface area contributed by atoms with E-state index >= 15 is 0 Å². The molecule has 1 atom stereocenters. The molecule has 11 heteroatoms. The van der Waals surface area contributed by atoms with Crippen LogP contribution in [0.2, 0.25) is 0 Å². The molecule has 3 aromatic heterocycles. The van der Waals surface area contributed by atoms with Crippen molar-refractivity contribution in [2.24, 2.45) is 0 Å². The van der Waals surface area contributed by atoms with Gasteiger partial charge in [0.1, 0.15) is 17.8 Å². The van der Waals surface area contributed by atoms with Crippen molar-refractivity contribution in [2.75, 3.05) is 54.5 Å². The summed E-state index contributed by atoms with van der Waals surface area (Å²) in [6.07, 6.45) is 5.34. The van der Waals surface area contributed by atoms with Gasteiger partial charge in [0.15, 0.2) is 0 Å². The van der Waals surface area contributed by atoms with Crippen LogP contribution >= 0.6 is 0 Å². The van der Waals surface area contributed by atoms with Gasteiger partial charge >= 0.3 is 0 Å². The average molecular weight is 579 g/mol. The fourth-order valence-corrected chi connectivity index (χ4v) is 5.64. The number of aromatic nitrogens is 4. The molecule has 43 heavy (non-hydrogen) atoms. The number of rotatable bonds is 7. The lowest BCUT2D eigenvalue weighted by atomic mass is 10.0. The highest BCUT2D eigenvalue weighted by molar-refractivity contribution is 5.94. The highest BCUT2D eigenvalue weighted by Crippen LogP contribution is 2.30. The predicted molar refractivity (Wildman–Crippen MR) is 166 cm³/mol. The summed E-state index contributed by atoms with van der Waals surface area (Å²) in [5.41, 5.74) is 5.08. The van der Waals surface area contributed by atoms with Gasteiger partial charge in [-0.3, -0.25) is 14.6 Å². The molecule has 220 valence electrons. The first kappa shape index (κ1) is 28.2. The molecule has 2 aliphatic heterocycles. The van der Waals surface area contributed by atoms with Gasteiger partial charge in [0, 0.05) is 55.5 Å². The Morgan fingerprint density at radius 1 is 1.05 bits per heavy atom. The summed E-state index contributed by atoms with van der Waals surface area (Å²) < 4.78 is 5.49. The van der Waals surface area contributed by atoms with Crippen molar-refractivity contribution in [3.05, 3.63) is 60.7 Å². The van der Waals surface area contributed by atoms with E-state index in [0.29, 0.717) is 31.1 Å². The van der Waals surface area contributed by atoms with Crippen molar-refractivity contribution in [1.29, 1.82) is 0 Å². The zero-order valence-electron chi connectivity index (χ0n) is 24.1. The Hall–Kier alpha value is -4.95. The second kappa shape index (κ2) is 12.9. The molecular formula is C32H34N8O3. The molecular weight excluding hydrogens is 544 g/mol. The van der Waals surface area contributed by atoms with E-state index in [-0.39, 0.29) is 24.3 Å². The SMILES string of the molecule is CC#CC(=O)N[C@@H]1CCCN(c2ccnc(CC(=O)Nc3ccc(-c4cc5c(N6CCOCC6)ncnc5[nH]4)cc3)c2)C1. The maximum Gasteiger partial charge on any atom is 0.296 e. The van der Waals surface area contributed by atoms with Gasteiger partial charge in [0.05, 0.1) is 30.7 Å². The van der Waals surface area contributed by atoms with Crippen LogP contribution in [-0.4, -0.2) is 77.2 Å². The van der Waals surface area contributed by atoms with Crippen LogP contribution in [0.5, 0.6) is 0 Å². The molecule has 0 bridgehead atoms. The topological polar surface area (TPSA) is 128 Å². The second-order valence-electron chi connectivity index (χ2n) is 10.7. The number of aromatic amines is 1. The molecule has 0 unspecified atom stereocenters. The third kappa shape index (κ3) is 6.76. The summed E-state index contributed by atoms with van der Waals surface area (Å²) in [4.78, 5) is 46.0. The van der Waals surface area contributed by atoms with E-state index in [1.54, 1.807) is 19.4 Å². The minimum atomic E-state index is -0.247. The van der Waals surface area contributed by atoms with Crippen molar-refractivity contribution in [1.82, 2.24) is 25.3 Å². The number of piperidine rings is 1. The van der Waals surface area contributed by atoms with E-state index in [2.05, 4.69) is 58.3 Å². The van der Waals surface area contributed by atoms with Gasteiger partial charge in [-0.15, -0.1) is 0 Å². The van der Waals surface area contributed by atoms with Gasteiger partial charge in [0.2, 0.25) is 5.91 Å². The van der Waals surface area contributed by atoms with E-state index in [0.717, 1.165) is 66.3 Å². The molecule has 0 aliphatic carbocycles. The van der Waals surface area contributed by atoms with Crippen molar-refractivity contribution in [3.63, 3.8) is 0 Å². The average Bonchev–Trinajstić information content (AvgIpc) is 3.47. The third-order valence-electron chi connectivity index (χ3n) is 7.70. The van der Waals surface area contributed by atoms with Crippen LogP contribution in [-0.2, 0) is 20.7 Å². The molecule has 1 aromatic carbocycles. The van der Waals surface area contributed by atoms with Crippen molar-refractivity contribution >= 4 is 40.0 Å². The van der Waals surface area contributed by atoms with Crippen molar-refractivity contribution < 1.29 is 14.3 Å². The Morgan fingerprint density at radius 2 is 1.88 bits per heavy atom. The number of ether oxygens (including phenoxy) is 1. The standard InChI is InChI=1S/C32H34N8O3/c1-2-4-29(41)37-24-5-3-12-40(20-24)26-10-11-33-25(17-26)18-30(42)36-23-8-6-22(7-9-23)28-19-27-31(38-28)34-21-35-32(27)39-13-15-43-16-14-39/h6-11,17,19,21,24H,3,5,12-16,18,20H2,1H3,(H,36,42)(H,37,41)(H,34,35,38)/t24-/m1/s1. The summed E-state index contributed by atoms with van der Waals surface area (Å²) in [5, 5.41) is 6.94. The van der Waals surface area contributed by atoms with Crippen LogP contribution in [0.1, 0.15) is 25.5 Å². The van der Waals surface area contributed by atoms with Crippen LogP contribution in [0, 0.1) is 11.8 Å². The molecule has 0 saturated carbocycles. The molecule has 6 rings (SSSR count). The first-order valence-corrected chi connectivity index (χ1v) is 14.6. The predicted octanol–water partition coefficient (Wildman–Crippen LogP) is 3.15. The zero-order valence-corrected chi connectivity index (χ0v) is 24.1. The van der Waals surface area contributed by atoms with Crippen LogP contribution in [0.25, 0.3) is 22.3 Å². The number of carbonyl (C=O) groups is 2. The Morgan fingerprint density at radius 3 is 2.70 bits per heavy atom. The lowest BCUT2D eigenvalue weighted by Gasteiger charge is -2.34. The Kier molecular flexibility index (Phi) is 8.47. The quantitative estimate of drug-likeness (QED) is 0.286. The number of morpholine rings is 1. The molecule has 11 nitrogen and oxygen atoms in total. The van der Waals surface area contributed by atoms with Gasteiger partial charge in [-0.2, -0.15) is 0 Å². The van der Waals surface area contributed by atoms with Gasteiger partial charge in [-0.25, -0.2) is 9.97 Å². The number of fused-ring (bicyclic) bond motifs is 1. The van der Waals surface area contributed by atoms with Crippen LogP contribution in [0.3, 0.4) is 0 Å². The minimum absolute atomic E-state index is 0.0362. The van der Waals surface area contributed by atoms with E-state index in [1.165, 1.54) is 0 Å². The fraction of sp³-hybridized carbons (Fsp3) is 0.344. The maximum absolute atomic E-state index is 12.9. The Labute approximate surface area is 250 Å². The monoisotopic (exact) mass is 578 g/mol. The summed E-state index contributed by atoms with van der Waals surface area (Å²) in [6.45, 7) is 6.20. The number of anilines is 3. The number of amides is 2. The Balaban J connectivity index is 1.08. The number of hydrogen-bond donors (Lipinski definition) is 3. The molecule has 5 heterocycles.